The second-order valence-corrected chi connectivity index (χ2v) is 5.50. The smallest absolute Gasteiger partial charge is 0.0690 e. The standard InChI is InChI=1S/C13H23N3O2/c1-10-6-12(16(3)15-10)8-13(2,17)7-11-9-18-5-4-14-11/h6,11,14,17H,4-5,7-9H2,1-3H3. The van der Waals surface area contributed by atoms with Gasteiger partial charge in [-0.3, -0.25) is 4.68 Å². The Hall–Kier alpha value is -0.910. The highest BCUT2D eigenvalue weighted by Gasteiger charge is 2.28. The lowest BCUT2D eigenvalue weighted by Gasteiger charge is -2.31. The molecule has 1 aromatic rings. The van der Waals surface area contributed by atoms with Crippen LogP contribution in [-0.4, -0.2) is 46.3 Å². The number of aromatic nitrogens is 2. The van der Waals surface area contributed by atoms with Crippen molar-refractivity contribution in [2.45, 2.75) is 38.3 Å². The summed E-state index contributed by atoms with van der Waals surface area (Å²) < 4.78 is 7.26. The van der Waals surface area contributed by atoms with Crippen LogP contribution < -0.4 is 5.32 Å². The highest BCUT2D eigenvalue weighted by Crippen LogP contribution is 2.20. The molecule has 0 spiro atoms. The average Bonchev–Trinajstić information content (AvgIpc) is 2.57. The molecule has 0 aromatic carbocycles. The van der Waals surface area contributed by atoms with E-state index in [0.29, 0.717) is 19.4 Å². The summed E-state index contributed by atoms with van der Waals surface area (Å²) in [4.78, 5) is 0. The van der Waals surface area contributed by atoms with Crippen molar-refractivity contribution in [3.63, 3.8) is 0 Å². The van der Waals surface area contributed by atoms with Gasteiger partial charge in [-0.15, -0.1) is 0 Å². The van der Waals surface area contributed by atoms with Gasteiger partial charge in [-0.2, -0.15) is 5.10 Å². The van der Waals surface area contributed by atoms with Crippen LogP contribution in [0.1, 0.15) is 24.7 Å². The van der Waals surface area contributed by atoms with Gasteiger partial charge in [0.2, 0.25) is 0 Å². The maximum absolute atomic E-state index is 10.5. The molecule has 2 heterocycles. The first-order valence-corrected chi connectivity index (χ1v) is 6.49. The van der Waals surface area contributed by atoms with Gasteiger partial charge >= 0.3 is 0 Å². The largest absolute Gasteiger partial charge is 0.390 e. The zero-order valence-corrected chi connectivity index (χ0v) is 11.4. The number of ether oxygens (including phenoxy) is 1. The summed E-state index contributed by atoms with van der Waals surface area (Å²) in [6, 6.07) is 2.27. The van der Waals surface area contributed by atoms with Crippen LogP contribution >= 0.6 is 0 Å². The normalized spacial score (nSPS) is 23.9. The Labute approximate surface area is 108 Å². The number of aliphatic hydroxyl groups is 1. The first kappa shape index (κ1) is 13.5. The highest BCUT2D eigenvalue weighted by atomic mass is 16.5. The van der Waals surface area contributed by atoms with Crippen molar-refractivity contribution in [3.05, 3.63) is 17.5 Å². The number of rotatable bonds is 4. The van der Waals surface area contributed by atoms with Gasteiger partial charge in [0.05, 0.1) is 24.5 Å². The van der Waals surface area contributed by atoms with Crippen LogP contribution in [0, 0.1) is 6.92 Å². The third-order valence-electron chi connectivity index (χ3n) is 3.35. The van der Waals surface area contributed by atoms with Gasteiger partial charge in [0.1, 0.15) is 0 Å². The van der Waals surface area contributed by atoms with E-state index in [0.717, 1.165) is 24.5 Å². The number of morpholine rings is 1. The predicted molar refractivity (Wildman–Crippen MR) is 69.5 cm³/mol. The minimum absolute atomic E-state index is 0.239. The Morgan fingerprint density at radius 2 is 2.44 bits per heavy atom. The summed E-state index contributed by atoms with van der Waals surface area (Å²) >= 11 is 0. The third-order valence-corrected chi connectivity index (χ3v) is 3.35. The molecule has 0 radical (unpaired) electrons. The van der Waals surface area contributed by atoms with Gasteiger partial charge in [0.15, 0.2) is 0 Å². The molecule has 1 fully saturated rings. The van der Waals surface area contributed by atoms with Crippen LogP contribution in [0.5, 0.6) is 0 Å². The Bertz CT molecular complexity index is 395. The molecule has 1 aromatic heterocycles. The van der Waals surface area contributed by atoms with Crippen LogP contribution in [0.4, 0.5) is 0 Å². The van der Waals surface area contributed by atoms with Crippen molar-refractivity contribution in [3.8, 4) is 0 Å². The lowest BCUT2D eigenvalue weighted by molar-refractivity contribution is 0.00548. The summed E-state index contributed by atoms with van der Waals surface area (Å²) in [5, 5.41) is 18.2. The number of hydrogen-bond acceptors (Lipinski definition) is 4. The van der Waals surface area contributed by atoms with Gasteiger partial charge < -0.3 is 15.2 Å². The Morgan fingerprint density at radius 3 is 3.00 bits per heavy atom. The summed E-state index contributed by atoms with van der Waals surface area (Å²) in [5.74, 6) is 0. The molecular weight excluding hydrogens is 230 g/mol. The topological polar surface area (TPSA) is 59.3 Å². The molecule has 0 aliphatic carbocycles. The van der Waals surface area contributed by atoms with E-state index in [9.17, 15) is 5.11 Å². The van der Waals surface area contributed by atoms with E-state index in [4.69, 9.17) is 4.74 Å². The SMILES string of the molecule is Cc1cc(CC(C)(O)CC2COCCN2)n(C)n1. The molecule has 2 N–H and O–H groups in total. The first-order valence-electron chi connectivity index (χ1n) is 6.49. The van der Waals surface area contributed by atoms with E-state index in [1.807, 2.05) is 31.6 Å². The van der Waals surface area contributed by atoms with E-state index in [-0.39, 0.29) is 6.04 Å². The van der Waals surface area contributed by atoms with Gasteiger partial charge in [-0.05, 0) is 26.3 Å². The first-order chi connectivity index (χ1) is 8.46. The second kappa shape index (κ2) is 5.38. The van der Waals surface area contributed by atoms with Crippen LogP contribution in [0.3, 0.4) is 0 Å². The van der Waals surface area contributed by atoms with E-state index >= 15 is 0 Å². The molecule has 0 bridgehead atoms. The van der Waals surface area contributed by atoms with Crippen LogP contribution in [-0.2, 0) is 18.2 Å². The van der Waals surface area contributed by atoms with Crippen molar-refractivity contribution in [2.24, 2.45) is 7.05 Å². The molecule has 5 heteroatoms. The Kier molecular flexibility index (Phi) is 4.04. The van der Waals surface area contributed by atoms with Gasteiger partial charge in [-0.1, -0.05) is 0 Å². The molecule has 102 valence electrons. The molecule has 5 nitrogen and oxygen atoms in total. The van der Waals surface area contributed by atoms with Crippen molar-refractivity contribution >= 4 is 0 Å². The predicted octanol–water partition coefficient (Wildman–Crippen LogP) is 0.401. The molecule has 1 aliphatic heterocycles. The minimum atomic E-state index is -0.738. The molecule has 0 saturated carbocycles. The van der Waals surface area contributed by atoms with Crippen molar-refractivity contribution in [2.75, 3.05) is 19.8 Å². The van der Waals surface area contributed by atoms with Crippen molar-refractivity contribution < 1.29 is 9.84 Å². The lowest BCUT2D eigenvalue weighted by atomic mass is 9.91. The maximum Gasteiger partial charge on any atom is 0.0690 e. The lowest BCUT2D eigenvalue weighted by Crippen LogP contribution is -2.46. The Balaban J connectivity index is 1.95. The molecule has 2 unspecified atom stereocenters. The zero-order chi connectivity index (χ0) is 13.2. The highest BCUT2D eigenvalue weighted by molar-refractivity contribution is 5.11. The summed E-state index contributed by atoms with van der Waals surface area (Å²) in [7, 11) is 1.92. The van der Waals surface area contributed by atoms with Crippen molar-refractivity contribution in [1.82, 2.24) is 15.1 Å². The molecule has 1 saturated heterocycles. The summed E-state index contributed by atoms with van der Waals surface area (Å²) in [6.07, 6.45) is 1.31. The molecular formula is C13H23N3O2. The van der Waals surface area contributed by atoms with Crippen LogP contribution in [0.25, 0.3) is 0 Å². The average molecular weight is 253 g/mol. The molecule has 18 heavy (non-hydrogen) atoms. The van der Waals surface area contributed by atoms with E-state index in [1.165, 1.54) is 0 Å². The van der Waals surface area contributed by atoms with E-state index in [1.54, 1.807) is 0 Å². The maximum atomic E-state index is 10.5. The fourth-order valence-corrected chi connectivity index (χ4v) is 2.57. The van der Waals surface area contributed by atoms with E-state index < -0.39 is 5.60 Å². The number of aryl methyl sites for hydroxylation is 2. The molecule has 2 rings (SSSR count). The third kappa shape index (κ3) is 3.54. The Morgan fingerprint density at radius 1 is 1.67 bits per heavy atom. The van der Waals surface area contributed by atoms with Gasteiger partial charge in [0.25, 0.3) is 0 Å². The monoisotopic (exact) mass is 253 g/mol. The van der Waals surface area contributed by atoms with E-state index in [2.05, 4.69) is 10.4 Å². The summed E-state index contributed by atoms with van der Waals surface area (Å²) in [5.41, 5.74) is 1.31. The second-order valence-electron chi connectivity index (χ2n) is 5.50. The number of nitrogens with zero attached hydrogens (tertiary/aromatic N) is 2. The molecule has 2 atom stereocenters. The van der Waals surface area contributed by atoms with Crippen molar-refractivity contribution in [1.29, 1.82) is 0 Å². The molecule has 1 aliphatic rings. The minimum Gasteiger partial charge on any atom is -0.390 e. The number of nitrogens with one attached hydrogen (secondary N) is 1. The van der Waals surface area contributed by atoms with Gasteiger partial charge in [-0.25, -0.2) is 0 Å². The van der Waals surface area contributed by atoms with Crippen LogP contribution in [0.2, 0.25) is 0 Å². The quantitative estimate of drug-likeness (QED) is 0.815. The van der Waals surface area contributed by atoms with Crippen LogP contribution in [0.15, 0.2) is 6.07 Å². The fraction of sp³-hybridized carbons (Fsp3) is 0.769. The summed E-state index contributed by atoms with van der Waals surface area (Å²) in [6.45, 7) is 6.16. The zero-order valence-electron chi connectivity index (χ0n) is 11.4. The van der Waals surface area contributed by atoms with Gasteiger partial charge in [0, 0.05) is 31.7 Å². The molecule has 0 amide bonds. The fourth-order valence-electron chi connectivity index (χ4n) is 2.57. The number of hydrogen-bond donors (Lipinski definition) is 2.